The Labute approximate surface area is 288 Å². The SMILES string of the molecule is Cc1c(Cl)cc(C[N@+]2(C(=O)O)CCC(N3CCc4ccccc4NC3=O)CC2(CC=O)N2CCC(C3CCN(C)CC3)CC2)cc1Cl. The molecule has 0 aliphatic carbocycles. The van der Waals surface area contributed by atoms with Gasteiger partial charge >= 0.3 is 12.1 Å². The predicted octanol–water partition coefficient (Wildman–Crippen LogP) is 6.89. The maximum atomic E-state index is 13.8. The van der Waals surface area contributed by atoms with Gasteiger partial charge in [-0.1, -0.05) is 41.4 Å². The summed E-state index contributed by atoms with van der Waals surface area (Å²) in [6, 6.07) is 11.1. The molecule has 4 heterocycles. The van der Waals surface area contributed by atoms with E-state index in [4.69, 9.17) is 23.2 Å². The molecule has 0 spiro atoms. The Hall–Kier alpha value is -2.69. The zero-order chi connectivity index (χ0) is 33.3. The topological polar surface area (TPSA) is 93.2 Å². The van der Waals surface area contributed by atoms with Crippen molar-refractivity contribution >= 4 is 47.3 Å². The van der Waals surface area contributed by atoms with Gasteiger partial charge in [0.15, 0.2) is 5.66 Å². The summed E-state index contributed by atoms with van der Waals surface area (Å²) in [5, 5.41) is 15.4. The number of likely N-dealkylation sites (tertiary alicyclic amines) is 3. The maximum absolute atomic E-state index is 13.8. The molecule has 6 rings (SSSR count). The number of aldehydes is 1. The molecule has 0 saturated carbocycles. The molecule has 11 heteroatoms. The smallest absolute Gasteiger partial charge is 0.435 e. The monoisotopic (exact) mass is 684 g/mol. The molecule has 2 unspecified atom stereocenters. The van der Waals surface area contributed by atoms with Gasteiger partial charge in [0, 0.05) is 59.8 Å². The number of piperidine rings is 3. The van der Waals surface area contributed by atoms with E-state index in [2.05, 4.69) is 22.2 Å². The quantitative estimate of drug-likeness (QED) is 0.244. The molecular weight excluding hydrogens is 637 g/mol. The van der Waals surface area contributed by atoms with Gasteiger partial charge in [-0.2, -0.15) is 4.79 Å². The third-order valence-corrected chi connectivity index (χ3v) is 12.7. The molecule has 0 aromatic heterocycles. The van der Waals surface area contributed by atoms with Crippen molar-refractivity contribution in [1.29, 1.82) is 0 Å². The number of amides is 3. The summed E-state index contributed by atoms with van der Waals surface area (Å²) in [5.74, 6) is 1.26. The van der Waals surface area contributed by atoms with Crippen molar-refractivity contribution < 1.29 is 24.0 Å². The van der Waals surface area contributed by atoms with Crippen LogP contribution in [-0.2, 0) is 17.8 Å². The molecule has 0 bridgehead atoms. The zero-order valence-electron chi connectivity index (χ0n) is 27.6. The third kappa shape index (κ3) is 6.54. The first-order valence-electron chi connectivity index (χ1n) is 17.1. The van der Waals surface area contributed by atoms with Crippen molar-refractivity contribution in [3.8, 4) is 0 Å². The number of quaternary nitrogens is 1. The van der Waals surface area contributed by atoms with Crippen LogP contribution >= 0.6 is 23.2 Å². The number of halogens is 2. The highest BCUT2D eigenvalue weighted by Crippen LogP contribution is 2.47. The molecule has 9 nitrogen and oxygen atoms in total. The number of carbonyl (C=O) groups excluding carboxylic acids is 2. The number of nitrogens with zero attached hydrogens (tertiary/aromatic N) is 4. The highest BCUT2D eigenvalue weighted by Gasteiger charge is 2.64. The van der Waals surface area contributed by atoms with Gasteiger partial charge in [0.1, 0.15) is 12.8 Å². The van der Waals surface area contributed by atoms with Crippen LogP contribution in [0.2, 0.25) is 10.0 Å². The Kier molecular flexibility index (Phi) is 10.2. The molecule has 3 amide bonds. The molecule has 2 N–H and O–H groups in total. The predicted molar refractivity (Wildman–Crippen MR) is 185 cm³/mol. The highest BCUT2D eigenvalue weighted by atomic mass is 35.5. The van der Waals surface area contributed by atoms with E-state index >= 15 is 0 Å². The van der Waals surface area contributed by atoms with Gasteiger partial charge in [0.05, 0.1) is 13.0 Å². The number of para-hydroxylation sites is 1. The second-order valence-electron chi connectivity index (χ2n) is 14.3. The Morgan fingerprint density at radius 2 is 1.66 bits per heavy atom. The standard InChI is InChI=1S/C36H47Cl2N5O4/c1-25-31(37)21-26(22-32(25)38)24-43(35(46)47)19-12-30(42-18-11-29-5-3-4-6-33(29)39-34(42)45)23-36(43,13-20-44)41-16-9-28(10-17-41)27-7-14-40(2)15-8-27/h3-6,20-22,27-28,30H,7-19,23-24H2,1-2H3,(H-,39,45,46,47)/p+1/t30?,36?,43-/m0/s1. The zero-order valence-corrected chi connectivity index (χ0v) is 29.1. The average molecular weight is 686 g/mol. The Bertz CT molecular complexity index is 1470. The maximum Gasteiger partial charge on any atom is 0.515 e. The Morgan fingerprint density at radius 3 is 2.30 bits per heavy atom. The van der Waals surface area contributed by atoms with Crippen LogP contribution < -0.4 is 5.32 Å². The molecule has 0 radical (unpaired) electrons. The first-order chi connectivity index (χ1) is 22.6. The molecule has 3 atom stereocenters. The van der Waals surface area contributed by atoms with Crippen molar-refractivity contribution in [3.63, 3.8) is 0 Å². The van der Waals surface area contributed by atoms with E-state index in [0.29, 0.717) is 47.7 Å². The molecule has 254 valence electrons. The summed E-state index contributed by atoms with van der Waals surface area (Å²) in [5.41, 5.74) is 2.32. The number of fused-ring (bicyclic) bond motifs is 1. The summed E-state index contributed by atoms with van der Waals surface area (Å²) < 4.78 is -0.327. The van der Waals surface area contributed by atoms with Crippen LogP contribution in [0.1, 0.15) is 61.6 Å². The van der Waals surface area contributed by atoms with Crippen molar-refractivity contribution in [1.82, 2.24) is 14.7 Å². The number of benzene rings is 2. The van der Waals surface area contributed by atoms with Crippen molar-refractivity contribution in [3.05, 3.63) is 63.1 Å². The molecular formula is C36H48Cl2N5O4+. The number of hydrogen-bond donors (Lipinski definition) is 2. The van der Waals surface area contributed by atoms with Gasteiger partial charge in [0.2, 0.25) is 0 Å². The molecule has 4 aliphatic heterocycles. The van der Waals surface area contributed by atoms with Gasteiger partial charge in [-0.15, -0.1) is 0 Å². The molecule has 2 aromatic rings. The lowest BCUT2D eigenvalue weighted by molar-refractivity contribution is -0.942. The minimum atomic E-state index is -1.06. The van der Waals surface area contributed by atoms with Crippen LogP contribution in [0.3, 0.4) is 0 Å². The second-order valence-corrected chi connectivity index (χ2v) is 15.1. The third-order valence-electron chi connectivity index (χ3n) is 11.9. The van der Waals surface area contributed by atoms with Gasteiger partial charge in [0.25, 0.3) is 0 Å². The normalized spacial score (nSPS) is 28.4. The number of hydrogen-bond acceptors (Lipinski definition) is 5. The number of carboxylic acid groups (broad SMARTS) is 1. The van der Waals surface area contributed by atoms with Crippen molar-refractivity contribution in [2.75, 3.05) is 51.6 Å². The molecule has 47 heavy (non-hydrogen) atoms. The summed E-state index contributed by atoms with van der Waals surface area (Å²) in [6.45, 7) is 6.45. The summed E-state index contributed by atoms with van der Waals surface area (Å²) in [6.07, 6.45) is 5.90. The average Bonchev–Trinajstić information content (AvgIpc) is 3.23. The number of rotatable bonds is 7. The van der Waals surface area contributed by atoms with Crippen LogP contribution in [0.4, 0.5) is 15.3 Å². The van der Waals surface area contributed by atoms with Crippen LogP contribution in [-0.4, -0.2) is 101 Å². The van der Waals surface area contributed by atoms with Crippen molar-refractivity contribution in [2.45, 2.75) is 76.5 Å². The lowest BCUT2D eigenvalue weighted by Gasteiger charge is -2.59. The number of anilines is 1. The molecule has 4 aliphatic rings. The van der Waals surface area contributed by atoms with Crippen LogP contribution in [0.15, 0.2) is 36.4 Å². The van der Waals surface area contributed by atoms with Crippen LogP contribution in [0, 0.1) is 18.8 Å². The second kappa shape index (κ2) is 14.0. The first-order valence-corrected chi connectivity index (χ1v) is 17.9. The fourth-order valence-electron chi connectivity index (χ4n) is 9.11. The lowest BCUT2D eigenvalue weighted by atomic mass is 9.76. The lowest BCUT2D eigenvalue weighted by Crippen LogP contribution is -2.78. The minimum absolute atomic E-state index is 0.0533. The van der Waals surface area contributed by atoms with Gasteiger partial charge < -0.3 is 25.0 Å². The van der Waals surface area contributed by atoms with Gasteiger partial charge in [-0.05, 0) is 100 Å². The van der Waals surface area contributed by atoms with E-state index in [9.17, 15) is 19.5 Å². The highest BCUT2D eigenvalue weighted by molar-refractivity contribution is 6.36. The largest absolute Gasteiger partial charge is 0.515 e. The van der Waals surface area contributed by atoms with E-state index in [-0.39, 0.29) is 36.1 Å². The fraction of sp³-hybridized carbons (Fsp3) is 0.583. The summed E-state index contributed by atoms with van der Waals surface area (Å²) in [7, 11) is 2.18. The van der Waals surface area contributed by atoms with Gasteiger partial charge in [-0.25, -0.2) is 9.28 Å². The fourth-order valence-corrected chi connectivity index (χ4v) is 9.64. The molecule has 3 saturated heterocycles. The minimum Gasteiger partial charge on any atom is -0.435 e. The molecule has 2 aromatic carbocycles. The number of urea groups is 1. The van der Waals surface area contributed by atoms with Gasteiger partial charge in [-0.3, -0.25) is 4.90 Å². The first kappa shape index (κ1) is 34.2. The summed E-state index contributed by atoms with van der Waals surface area (Å²) >= 11 is 13.2. The van der Waals surface area contributed by atoms with Crippen molar-refractivity contribution in [2.24, 2.45) is 11.8 Å². The molecule has 3 fully saturated rings. The van der Waals surface area contributed by atoms with E-state index in [0.717, 1.165) is 67.7 Å². The Balaban J connectivity index is 1.36. The van der Waals surface area contributed by atoms with E-state index in [1.54, 1.807) is 0 Å². The van der Waals surface area contributed by atoms with E-state index < -0.39 is 11.8 Å². The van der Waals surface area contributed by atoms with E-state index in [1.165, 1.54) is 12.8 Å². The number of carbonyl (C=O) groups is 3. The van der Waals surface area contributed by atoms with Crippen LogP contribution in [0.5, 0.6) is 0 Å². The number of nitrogens with one attached hydrogen (secondary N) is 1. The Morgan fingerprint density at radius 1 is 1.02 bits per heavy atom. The van der Waals surface area contributed by atoms with E-state index in [1.807, 2.05) is 48.2 Å². The summed E-state index contributed by atoms with van der Waals surface area (Å²) in [4.78, 5) is 46.9. The van der Waals surface area contributed by atoms with Crippen LogP contribution in [0.25, 0.3) is 0 Å².